The van der Waals surface area contributed by atoms with E-state index in [4.69, 9.17) is 0 Å². The van der Waals surface area contributed by atoms with Gasteiger partial charge in [0.1, 0.15) is 6.61 Å². The number of halogens is 3. The van der Waals surface area contributed by atoms with Crippen LogP contribution in [0.25, 0.3) is 0 Å². The lowest BCUT2D eigenvalue weighted by Crippen LogP contribution is -2.18. The lowest BCUT2D eigenvalue weighted by Gasteiger charge is -2.11. The van der Waals surface area contributed by atoms with Crippen LogP contribution in [-0.4, -0.2) is 25.9 Å². The largest absolute Gasteiger partial charge is 0.411 e. The third-order valence-corrected chi connectivity index (χ3v) is 2.44. The second-order valence-corrected chi connectivity index (χ2v) is 4.27. The van der Waals surface area contributed by atoms with Crippen molar-refractivity contribution < 1.29 is 17.9 Å². The fourth-order valence-electron chi connectivity index (χ4n) is 1.51. The third-order valence-electron chi connectivity index (χ3n) is 2.44. The average Bonchev–Trinajstić information content (AvgIpc) is 2.26. The van der Waals surface area contributed by atoms with Crippen molar-refractivity contribution in [2.75, 3.05) is 25.1 Å². The average molecular weight is 261 g/mol. The summed E-state index contributed by atoms with van der Waals surface area (Å²) in [6, 6.07) is 6.05. The number of anilines is 1. The number of aryl methyl sites for hydroxylation is 2. The zero-order chi connectivity index (χ0) is 13.6. The quantitative estimate of drug-likeness (QED) is 0.789. The van der Waals surface area contributed by atoms with Gasteiger partial charge in [-0.2, -0.15) is 13.2 Å². The van der Waals surface area contributed by atoms with E-state index in [2.05, 4.69) is 10.1 Å². The summed E-state index contributed by atoms with van der Waals surface area (Å²) in [4.78, 5) is 0. The Labute approximate surface area is 105 Å². The molecule has 1 rings (SSSR count). The van der Waals surface area contributed by atoms with Gasteiger partial charge in [-0.3, -0.25) is 0 Å². The van der Waals surface area contributed by atoms with Crippen LogP contribution in [0.3, 0.4) is 0 Å². The van der Waals surface area contributed by atoms with E-state index < -0.39 is 12.8 Å². The highest BCUT2D eigenvalue weighted by molar-refractivity contribution is 5.52. The van der Waals surface area contributed by atoms with Crippen molar-refractivity contribution in [2.45, 2.75) is 26.4 Å². The molecule has 1 N–H and O–H groups in total. The molecule has 0 radical (unpaired) electrons. The monoisotopic (exact) mass is 261 g/mol. The van der Waals surface area contributed by atoms with E-state index in [-0.39, 0.29) is 6.61 Å². The van der Waals surface area contributed by atoms with E-state index in [1.807, 2.05) is 32.0 Å². The van der Waals surface area contributed by atoms with Crippen molar-refractivity contribution in [1.29, 1.82) is 0 Å². The molecule has 5 heteroatoms. The van der Waals surface area contributed by atoms with Crippen molar-refractivity contribution in [3.8, 4) is 0 Å². The summed E-state index contributed by atoms with van der Waals surface area (Å²) in [5.41, 5.74) is 3.29. The number of rotatable bonds is 6. The van der Waals surface area contributed by atoms with Gasteiger partial charge in [0.25, 0.3) is 0 Å². The van der Waals surface area contributed by atoms with Crippen LogP contribution < -0.4 is 5.32 Å². The van der Waals surface area contributed by atoms with Crippen molar-refractivity contribution >= 4 is 5.69 Å². The normalized spacial score (nSPS) is 11.6. The highest BCUT2D eigenvalue weighted by Crippen LogP contribution is 2.16. The molecule has 1 aromatic rings. The van der Waals surface area contributed by atoms with Gasteiger partial charge in [-0.1, -0.05) is 12.1 Å². The predicted molar refractivity (Wildman–Crippen MR) is 65.9 cm³/mol. The Morgan fingerprint density at radius 1 is 1.22 bits per heavy atom. The van der Waals surface area contributed by atoms with Crippen molar-refractivity contribution in [1.82, 2.24) is 0 Å². The van der Waals surface area contributed by atoms with Crippen LogP contribution in [0.5, 0.6) is 0 Å². The van der Waals surface area contributed by atoms with Crippen molar-refractivity contribution in [2.24, 2.45) is 0 Å². The molecule has 0 saturated heterocycles. The van der Waals surface area contributed by atoms with E-state index in [1.54, 1.807) is 0 Å². The Morgan fingerprint density at radius 2 is 1.94 bits per heavy atom. The Morgan fingerprint density at radius 3 is 2.61 bits per heavy atom. The zero-order valence-electron chi connectivity index (χ0n) is 10.6. The number of nitrogens with one attached hydrogen (secondary N) is 1. The Hall–Kier alpha value is -1.23. The Balaban J connectivity index is 2.20. The van der Waals surface area contributed by atoms with Crippen LogP contribution in [-0.2, 0) is 4.74 Å². The van der Waals surface area contributed by atoms with Crippen LogP contribution in [0.15, 0.2) is 18.2 Å². The van der Waals surface area contributed by atoms with E-state index >= 15 is 0 Å². The minimum atomic E-state index is -4.24. The van der Waals surface area contributed by atoms with Crippen molar-refractivity contribution in [3.63, 3.8) is 0 Å². The SMILES string of the molecule is Cc1ccc(C)c(NCCCOCC(F)(F)F)c1. The maximum absolute atomic E-state index is 11.8. The molecule has 0 heterocycles. The third kappa shape index (κ3) is 5.91. The molecule has 0 aliphatic carbocycles. The maximum Gasteiger partial charge on any atom is 0.411 e. The summed E-state index contributed by atoms with van der Waals surface area (Å²) in [5, 5.41) is 3.19. The Kier molecular flexibility index (Phi) is 5.47. The molecule has 0 amide bonds. The molecule has 0 aliphatic heterocycles. The van der Waals surface area contributed by atoms with Crippen LogP contribution in [0.4, 0.5) is 18.9 Å². The summed E-state index contributed by atoms with van der Waals surface area (Å²) in [7, 11) is 0. The number of ether oxygens (including phenoxy) is 1. The predicted octanol–water partition coefficient (Wildman–Crippen LogP) is 3.68. The fourth-order valence-corrected chi connectivity index (χ4v) is 1.51. The molecule has 0 aromatic heterocycles. The molecular weight excluding hydrogens is 243 g/mol. The van der Waals surface area contributed by atoms with E-state index in [0.717, 1.165) is 16.8 Å². The van der Waals surface area contributed by atoms with Gasteiger partial charge >= 0.3 is 6.18 Å². The minimum Gasteiger partial charge on any atom is -0.385 e. The first-order chi connectivity index (χ1) is 8.38. The van der Waals surface area contributed by atoms with Gasteiger partial charge in [-0.05, 0) is 37.5 Å². The maximum atomic E-state index is 11.8. The van der Waals surface area contributed by atoms with E-state index in [0.29, 0.717) is 13.0 Å². The first kappa shape index (κ1) is 14.8. The van der Waals surface area contributed by atoms with E-state index in [9.17, 15) is 13.2 Å². The summed E-state index contributed by atoms with van der Waals surface area (Å²) in [6.07, 6.45) is -3.69. The summed E-state index contributed by atoms with van der Waals surface area (Å²) < 4.78 is 39.9. The van der Waals surface area contributed by atoms with Crippen LogP contribution in [0.2, 0.25) is 0 Å². The zero-order valence-corrected chi connectivity index (χ0v) is 10.6. The molecule has 0 spiro atoms. The van der Waals surface area contributed by atoms with E-state index in [1.165, 1.54) is 0 Å². The highest BCUT2D eigenvalue weighted by atomic mass is 19.4. The molecule has 1 aromatic carbocycles. The molecule has 0 unspecified atom stereocenters. The van der Waals surface area contributed by atoms with Gasteiger partial charge < -0.3 is 10.1 Å². The van der Waals surface area contributed by atoms with Crippen LogP contribution >= 0.6 is 0 Å². The summed E-state index contributed by atoms with van der Waals surface area (Å²) >= 11 is 0. The number of alkyl halides is 3. The smallest absolute Gasteiger partial charge is 0.385 e. The van der Waals surface area contributed by atoms with Gasteiger partial charge in [0.2, 0.25) is 0 Å². The van der Waals surface area contributed by atoms with Crippen LogP contribution in [0, 0.1) is 13.8 Å². The molecule has 0 fully saturated rings. The highest BCUT2D eigenvalue weighted by Gasteiger charge is 2.27. The summed E-state index contributed by atoms with van der Waals surface area (Å²) in [5.74, 6) is 0. The first-order valence-corrected chi connectivity index (χ1v) is 5.84. The fraction of sp³-hybridized carbons (Fsp3) is 0.538. The molecule has 102 valence electrons. The van der Waals surface area contributed by atoms with Gasteiger partial charge in [-0.25, -0.2) is 0 Å². The number of benzene rings is 1. The molecular formula is C13H18F3NO. The molecule has 18 heavy (non-hydrogen) atoms. The first-order valence-electron chi connectivity index (χ1n) is 5.84. The molecule has 0 aliphatic rings. The second kappa shape index (κ2) is 6.64. The number of hydrogen-bond acceptors (Lipinski definition) is 2. The summed E-state index contributed by atoms with van der Waals surface area (Å²) in [6.45, 7) is 3.52. The standard InChI is InChI=1S/C13H18F3NO/c1-10-4-5-11(2)12(8-10)17-6-3-7-18-9-13(14,15)16/h4-5,8,17H,3,6-7,9H2,1-2H3. The van der Waals surface area contributed by atoms with Gasteiger partial charge in [0, 0.05) is 18.8 Å². The van der Waals surface area contributed by atoms with Gasteiger partial charge in [0.05, 0.1) is 0 Å². The molecule has 0 saturated carbocycles. The molecule has 2 nitrogen and oxygen atoms in total. The Bertz CT molecular complexity index is 377. The van der Waals surface area contributed by atoms with Crippen molar-refractivity contribution in [3.05, 3.63) is 29.3 Å². The van der Waals surface area contributed by atoms with Gasteiger partial charge in [-0.15, -0.1) is 0 Å². The van der Waals surface area contributed by atoms with Crippen LogP contribution in [0.1, 0.15) is 17.5 Å². The topological polar surface area (TPSA) is 21.3 Å². The lowest BCUT2D eigenvalue weighted by molar-refractivity contribution is -0.173. The lowest BCUT2D eigenvalue weighted by atomic mass is 10.1. The number of hydrogen-bond donors (Lipinski definition) is 1. The molecule has 0 atom stereocenters. The minimum absolute atomic E-state index is 0.109. The molecule has 0 bridgehead atoms. The second-order valence-electron chi connectivity index (χ2n) is 4.27. The van der Waals surface area contributed by atoms with Gasteiger partial charge in [0.15, 0.2) is 0 Å².